The molecule has 0 spiro atoms. The number of hydrogen-bond donors (Lipinski definition) is 1. The third kappa shape index (κ3) is 7.35. The molecule has 210 valence electrons. The van der Waals surface area contributed by atoms with Gasteiger partial charge in [-0.25, -0.2) is 12.7 Å². The second-order valence-corrected chi connectivity index (χ2v) is 11.4. The monoisotopic (exact) mass is 557 g/mol. The molecule has 0 unspecified atom stereocenters. The molecule has 38 heavy (non-hydrogen) atoms. The molecule has 0 bridgehead atoms. The zero-order valence-electron chi connectivity index (χ0n) is 20.2. The number of alkyl halides is 3. The highest BCUT2D eigenvalue weighted by Crippen LogP contribution is 2.38. The Morgan fingerprint density at radius 1 is 0.974 bits per heavy atom. The van der Waals surface area contributed by atoms with Crippen LogP contribution in [0.1, 0.15) is 25.8 Å². The average molecular weight is 558 g/mol. The molecule has 9 nitrogen and oxygen atoms in total. The van der Waals surface area contributed by atoms with Crippen LogP contribution < -0.4 is 10.2 Å². The number of nitrogens with zero attached hydrogens (tertiary/aromatic N) is 4. The summed E-state index contributed by atoms with van der Waals surface area (Å²) in [7, 11) is -3.46. The van der Waals surface area contributed by atoms with Gasteiger partial charge < -0.3 is 10.2 Å². The molecule has 2 saturated heterocycles. The van der Waals surface area contributed by atoms with Crippen molar-refractivity contribution < 1.29 is 26.5 Å². The van der Waals surface area contributed by atoms with E-state index in [9.17, 15) is 31.7 Å². The number of hydrogen-bond acceptors (Lipinski definition) is 7. The summed E-state index contributed by atoms with van der Waals surface area (Å²) in [6.07, 6.45) is -4.01. The molecule has 2 aliphatic rings. The average Bonchev–Trinajstić information content (AvgIpc) is 2.88. The maximum absolute atomic E-state index is 13.2. The number of halogens is 3. The summed E-state index contributed by atoms with van der Waals surface area (Å²) < 4.78 is 67.0. The molecule has 0 saturated carbocycles. The highest BCUT2D eigenvalue weighted by Gasteiger charge is 2.38. The highest BCUT2D eigenvalue weighted by molar-refractivity contribution is 7.89. The molecular formula is C25H34F3N5O4S. The topological polar surface area (TPSA) is 99.0 Å². The Labute approximate surface area is 221 Å². The van der Waals surface area contributed by atoms with E-state index in [4.69, 9.17) is 0 Å². The molecule has 0 aromatic heterocycles. The van der Waals surface area contributed by atoms with E-state index in [2.05, 4.69) is 27.2 Å². The van der Waals surface area contributed by atoms with Crippen molar-refractivity contribution in [2.75, 3.05) is 61.8 Å². The zero-order chi connectivity index (χ0) is 26.6. The van der Waals surface area contributed by atoms with Gasteiger partial charge in [0.05, 0.1) is 10.7 Å². The number of nitro benzene ring substituents is 1. The van der Waals surface area contributed by atoms with E-state index in [-0.39, 0.29) is 38.0 Å². The van der Waals surface area contributed by atoms with Gasteiger partial charge in [-0.3, -0.25) is 15.0 Å². The van der Waals surface area contributed by atoms with Crippen molar-refractivity contribution in [3.05, 3.63) is 64.2 Å². The Kier molecular flexibility index (Phi) is 9.60. The lowest BCUT2D eigenvalue weighted by Crippen LogP contribution is -2.49. The number of piperazine rings is 1. The van der Waals surface area contributed by atoms with Crippen molar-refractivity contribution in [2.24, 2.45) is 0 Å². The number of para-hydroxylation sites is 1. The highest BCUT2D eigenvalue weighted by atomic mass is 32.2. The number of nitrogens with one attached hydrogen (secondary N) is 1. The van der Waals surface area contributed by atoms with Crippen LogP contribution in [0.2, 0.25) is 0 Å². The third-order valence-corrected chi connectivity index (χ3v) is 8.73. The predicted molar refractivity (Wildman–Crippen MR) is 142 cm³/mol. The van der Waals surface area contributed by atoms with E-state index >= 15 is 0 Å². The van der Waals surface area contributed by atoms with E-state index in [1.165, 1.54) is 10.4 Å². The lowest BCUT2D eigenvalue weighted by atomic mass is 10.1. The zero-order valence-corrected chi connectivity index (χ0v) is 21.0. The van der Waals surface area contributed by atoms with Crippen LogP contribution in [0.5, 0.6) is 0 Å². The van der Waals surface area contributed by atoms with Crippen molar-refractivity contribution in [3.63, 3.8) is 0 Å². The van der Waals surface area contributed by atoms with E-state index in [0.717, 1.165) is 44.0 Å². The number of benzene rings is 2. The Bertz CT molecular complexity index is 1180. The first kappa shape index (κ1) is 29.7. The molecule has 13 heteroatoms. The van der Waals surface area contributed by atoms with Crippen molar-refractivity contribution in [2.45, 2.75) is 32.5 Å². The molecule has 2 aromatic rings. The summed E-state index contributed by atoms with van der Waals surface area (Å²) >= 11 is 0. The Morgan fingerprint density at radius 2 is 1.61 bits per heavy atom. The van der Waals surface area contributed by atoms with Crippen molar-refractivity contribution in [1.82, 2.24) is 9.21 Å². The first-order valence-corrected chi connectivity index (χ1v) is 13.8. The molecule has 0 radical (unpaired) electrons. The first-order chi connectivity index (χ1) is 17.5. The summed E-state index contributed by atoms with van der Waals surface area (Å²) in [5.41, 5.74) is -1.03. The van der Waals surface area contributed by atoms with Crippen molar-refractivity contribution >= 4 is 27.1 Å². The minimum absolute atomic E-state index is 0. The standard InChI is InChI=1S/C24H30F3N5O4S.CH4/c25-24(26,27)22-18-20(6-7-23(22)32(33)34)28-19-8-10-31(11-9-19)37(35,36)17-16-29-12-14-30(15-13-29)21-4-2-1-3-5-21;/h1-7,18-19,28H,8-17H2;1H4. The van der Waals surface area contributed by atoms with Crippen LogP contribution in [-0.4, -0.2) is 80.2 Å². The van der Waals surface area contributed by atoms with Gasteiger partial charge in [-0.1, -0.05) is 25.6 Å². The fourth-order valence-corrected chi connectivity index (χ4v) is 6.28. The molecular weight excluding hydrogens is 523 g/mol. The van der Waals surface area contributed by atoms with Gasteiger partial charge in [0.15, 0.2) is 0 Å². The van der Waals surface area contributed by atoms with E-state index in [0.29, 0.717) is 19.4 Å². The molecule has 0 amide bonds. The summed E-state index contributed by atoms with van der Waals surface area (Å²) in [6, 6.07) is 12.7. The lowest BCUT2D eigenvalue weighted by molar-refractivity contribution is -0.388. The number of piperidine rings is 1. The van der Waals surface area contributed by atoms with Gasteiger partial charge in [0, 0.05) is 69.3 Å². The minimum Gasteiger partial charge on any atom is -0.382 e. The molecule has 2 fully saturated rings. The third-order valence-electron chi connectivity index (χ3n) is 6.88. The predicted octanol–water partition coefficient (Wildman–Crippen LogP) is 4.28. The molecule has 0 atom stereocenters. The second kappa shape index (κ2) is 12.3. The van der Waals surface area contributed by atoms with Crippen molar-refractivity contribution in [3.8, 4) is 0 Å². The molecule has 4 rings (SSSR count). The summed E-state index contributed by atoms with van der Waals surface area (Å²) in [4.78, 5) is 14.3. The smallest absolute Gasteiger partial charge is 0.382 e. The summed E-state index contributed by atoms with van der Waals surface area (Å²) in [5, 5.41) is 13.9. The number of sulfonamides is 1. The van der Waals surface area contributed by atoms with Gasteiger partial charge in [0.2, 0.25) is 10.0 Å². The van der Waals surface area contributed by atoms with Gasteiger partial charge >= 0.3 is 6.18 Å². The number of nitro groups is 1. The van der Waals surface area contributed by atoms with Crippen LogP contribution >= 0.6 is 0 Å². The molecule has 1 N–H and O–H groups in total. The van der Waals surface area contributed by atoms with Gasteiger partial charge in [0.1, 0.15) is 5.56 Å². The normalized spacial score (nSPS) is 18.1. The van der Waals surface area contributed by atoms with Crippen molar-refractivity contribution in [1.29, 1.82) is 0 Å². The molecule has 0 aliphatic carbocycles. The SMILES string of the molecule is C.O=[N+]([O-])c1ccc(NC2CCN(S(=O)(=O)CCN3CCN(c4ccccc4)CC3)CC2)cc1C(F)(F)F. The Balaban J connectivity index is 0.00000400. The fraction of sp³-hybridized carbons (Fsp3) is 0.520. The maximum atomic E-state index is 13.2. The second-order valence-electron chi connectivity index (χ2n) is 9.28. The molecule has 2 heterocycles. The van der Waals surface area contributed by atoms with Gasteiger partial charge in [-0.15, -0.1) is 0 Å². The van der Waals surface area contributed by atoms with Gasteiger partial charge in [-0.2, -0.15) is 13.2 Å². The maximum Gasteiger partial charge on any atom is 0.423 e. The first-order valence-electron chi connectivity index (χ1n) is 12.2. The largest absolute Gasteiger partial charge is 0.423 e. The summed E-state index contributed by atoms with van der Waals surface area (Å²) in [6.45, 7) is 4.21. The van der Waals surface area contributed by atoms with Crippen LogP contribution in [0.15, 0.2) is 48.5 Å². The van der Waals surface area contributed by atoms with Crippen LogP contribution in [0, 0.1) is 10.1 Å². The fourth-order valence-electron chi connectivity index (χ4n) is 4.77. The van der Waals surface area contributed by atoms with E-state index in [1.54, 1.807) is 0 Å². The number of rotatable bonds is 8. The van der Waals surface area contributed by atoms with Crippen LogP contribution in [0.25, 0.3) is 0 Å². The van der Waals surface area contributed by atoms with Gasteiger partial charge in [-0.05, 0) is 37.1 Å². The van der Waals surface area contributed by atoms with Gasteiger partial charge in [0.25, 0.3) is 5.69 Å². The van der Waals surface area contributed by atoms with Crippen LogP contribution in [0.4, 0.5) is 30.2 Å². The van der Waals surface area contributed by atoms with E-state index < -0.39 is 32.4 Å². The quantitative estimate of drug-likeness (QED) is 0.382. The minimum atomic E-state index is -4.86. The van der Waals surface area contributed by atoms with Crippen LogP contribution in [-0.2, 0) is 16.2 Å². The van der Waals surface area contributed by atoms with E-state index in [1.807, 2.05) is 18.2 Å². The van der Waals surface area contributed by atoms with Crippen LogP contribution in [0.3, 0.4) is 0 Å². The Morgan fingerprint density at radius 3 is 2.18 bits per heavy atom. The molecule has 2 aromatic carbocycles. The lowest BCUT2D eigenvalue weighted by Gasteiger charge is -2.37. The summed E-state index contributed by atoms with van der Waals surface area (Å²) in [5.74, 6) is 0.0216. The number of anilines is 2. The molecule has 2 aliphatic heterocycles. The Hall–Kier alpha value is -2.90.